The van der Waals surface area contributed by atoms with E-state index in [1.165, 1.54) is 4.68 Å². The fraction of sp³-hybridized carbons (Fsp3) is 0.200. The highest BCUT2D eigenvalue weighted by atomic mass is 16.1. The number of rotatable bonds is 6. The van der Waals surface area contributed by atoms with Crippen molar-refractivity contribution in [3.8, 4) is 0 Å². The summed E-state index contributed by atoms with van der Waals surface area (Å²) in [5.41, 5.74) is 3.18. The molecule has 0 amide bonds. The van der Waals surface area contributed by atoms with Gasteiger partial charge in [0.1, 0.15) is 5.69 Å². The van der Waals surface area contributed by atoms with E-state index in [1.807, 2.05) is 31.3 Å². The number of anilines is 1. The van der Waals surface area contributed by atoms with E-state index >= 15 is 0 Å². The summed E-state index contributed by atoms with van der Waals surface area (Å²) in [6.45, 7) is 2.09. The lowest BCUT2D eigenvalue weighted by Crippen LogP contribution is -2.23. The van der Waals surface area contributed by atoms with Crippen LogP contribution in [-0.2, 0) is 6.54 Å². The molecule has 0 fully saturated rings. The first-order chi connectivity index (χ1) is 13.2. The van der Waals surface area contributed by atoms with E-state index < -0.39 is 0 Å². The Kier molecular flexibility index (Phi) is 4.52. The van der Waals surface area contributed by atoms with E-state index in [9.17, 15) is 9.59 Å². The molecule has 27 heavy (non-hydrogen) atoms. The smallest absolute Gasteiger partial charge is 0.216 e. The number of ketones is 2. The van der Waals surface area contributed by atoms with Crippen molar-refractivity contribution in [2.45, 2.75) is 6.54 Å². The molecule has 2 N–H and O–H groups in total. The number of nitrogens with one attached hydrogen (secondary N) is 2. The van der Waals surface area contributed by atoms with Gasteiger partial charge in [-0.2, -0.15) is 0 Å². The second-order valence-electron chi connectivity index (χ2n) is 6.38. The quantitative estimate of drug-likeness (QED) is 0.509. The van der Waals surface area contributed by atoms with Crippen molar-refractivity contribution >= 4 is 17.3 Å². The fourth-order valence-electron chi connectivity index (χ4n) is 3.17. The van der Waals surface area contributed by atoms with E-state index in [2.05, 4.69) is 20.9 Å². The van der Waals surface area contributed by atoms with Crippen LogP contribution in [0.2, 0.25) is 0 Å². The van der Waals surface area contributed by atoms with E-state index in [1.54, 1.807) is 24.3 Å². The number of likely N-dealkylation sites (N-methyl/N-ethyl adjacent to an activating group) is 1. The lowest BCUT2D eigenvalue weighted by atomic mass is 9.90. The Bertz CT molecular complexity index is 1010. The molecule has 1 aromatic heterocycles. The monoisotopic (exact) mass is 361 g/mol. The third kappa shape index (κ3) is 3.13. The standard InChI is InChI=1S/C20H19N5O2/c1-21-10-11-22-14-8-6-13(7-9-14)12-25-18-17(23-24-25)19(26)15-4-2-3-5-16(15)20(18)27/h2-9,21-22H,10-12H2,1H3. The summed E-state index contributed by atoms with van der Waals surface area (Å²) in [6, 6.07) is 14.7. The average Bonchev–Trinajstić information content (AvgIpc) is 3.12. The van der Waals surface area contributed by atoms with Crippen molar-refractivity contribution in [1.82, 2.24) is 20.3 Å². The number of hydrogen-bond donors (Lipinski definition) is 2. The highest BCUT2D eigenvalue weighted by Gasteiger charge is 2.34. The minimum Gasteiger partial charge on any atom is -0.384 e. The molecule has 0 spiro atoms. The molecule has 0 radical (unpaired) electrons. The van der Waals surface area contributed by atoms with Crippen LogP contribution >= 0.6 is 0 Å². The number of hydrogen-bond acceptors (Lipinski definition) is 6. The van der Waals surface area contributed by atoms with Gasteiger partial charge in [-0.15, -0.1) is 5.10 Å². The predicted octanol–water partition coefficient (Wildman–Crippen LogP) is 1.73. The Morgan fingerprint density at radius 2 is 1.63 bits per heavy atom. The van der Waals surface area contributed by atoms with Crippen LogP contribution in [0.25, 0.3) is 0 Å². The SMILES string of the molecule is CNCCNc1ccc(Cn2nnc3c2C(=O)c2ccccc2C3=O)cc1. The largest absolute Gasteiger partial charge is 0.384 e. The van der Waals surface area contributed by atoms with Crippen LogP contribution in [0.5, 0.6) is 0 Å². The number of carbonyl (C=O) groups is 2. The molecule has 7 nitrogen and oxygen atoms in total. The topological polar surface area (TPSA) is 88.9 Å². The Morgan fingerprint density at radius 1 is 0.926 bits per heavy atom. The Hall–Kier alpha value is -3.32. The first-order valence-corrected chi connectivity index (χ1v) is 8.78. The molecule has 3 aromatic rings. The van der Waals surface area contributed by atoms with Crippen molar-refractivity contribution < 1.29 is 9.59 Å². The molecule has 2 aromatic carbocycles. The summed E-state index contributed by atoms with van der Waals surface area (Å²) in [5, 5.41) is 14.4. The minimum atomic E-state index is -0.254. The maximum Gasteiger partial charge on any atom is 0.216 e. The fourth-order valence-corrected chi connectivity index (χ4v) is 3.17. The zero-order valence-electron chi connectivity index (χ0n) is 14.9. The summed E-state index contributed by atoms with van der Waals surface area (Å²) < 4.78 is 1.51. The van der Waals surface area contributed by atoms with Gasteiger partial charge in [-0.25, -0.2) is 4.68 Å². The summed E-state index contributed by atoms with van der Waals surface area (Å²) in [6.07, 6.45) is 0. The van der Waals surface area contributed by atoms with Crippen molar-refractivity contribution in [3.05, 3.63) is 76.6 Å². The Balaban J connectivity index is 1.58. The highest BCUT2D eigenvalue weighted by molar-refractivity contribution is 6.26. The van der Waals surface area contributed by atoms with Gasteiger partial charge in [0.05, 0.1) is 6.54 Å². The zero-order chi connectivity index (χ0) is 18.8. The second-order valence-corrected chi connectivity index (χ2v) is 6.38. The number of carbonyl (C=O) groups excluding carboxylic acids is 2. The van der Waals surface area contributed by atoms with Crippen LogP contribution < -0.4 is 10.6 Å². The van der Waals surface area contributed by atoms with E-state index in [0.29, 0.717) is 17.7 Å². The Morgan fingerprint density at radius 3 is 2.33 bits per heavy atom. The lowest BCUT2D eigenvalue weighted by molar-refractivity contribution is 0.0971. The van der Waals surface area contributed by atoms with Gasteiger partial charge >= 0.3 is 0 Å². The maximum atomic E-state index is 12.9. The summed E-state index contributed by atoms with van der Waals surface area (Å²) in [4.78, 5) is 25.5. The minimum absolute atomic E-state index is 0.129. The van der Waals surface area contributed by atoms with Crippen LogP contribution in [0, 0.1) is 0 Å². The Labute approximate surface area is 156 Å². The number of benzene rings is 2. The van der Waals surface area contributed by atoms with Crippen LogP contribution in [0.15, 0.2) is 48.5 Å². The van der Waals surface area contributed by atoms with Crippen molar-refractivity contribution in [2.24, 2.45) is 0 Å². The van der Waals surface area contributed by atoms with Gasteiger partial charge in [-0.3, -0.25) is 9.59 Å². The molecule has 0 saturated carbocycles. The molecular weight excluding hydrogens is 342 g/mol. The van der Waals surface area contributed by atoms with E-state index in [4.69, 9.17) is 0 Å². The predicted molar refractivity (Wildman–Crippen MR) is 101 cm³/mol. The zero-order valence-corrected chi connectivity index (χ0v) is 14.9. The third-order valence-electron chi connectivity index (χ3n) is 4.57. The van der Waals surface area contributed by atoms with Gasteiger partial charge < -0.3 is 10.6 Å². The van der Waals surface area contributed by atoms with Gasteiger partial charge in [0, 0.05) is 29.9 Å². The third-order valence-corrected chi connectivity index (χ3v) is 4.57. The van der Waals surface area contributed by atoms with Gasteiger partial charge in [0.2, 0.25) is 11.6 Å². The molecule has 0 bridgehead atoms. The van der Waals surface area contributed by atoms with E-state index in [0.717, 1.165) is 24.3 Å². The molecular formula is C20H19N5O2. The van der Waals surface area contributed by atoms with Gasteiger partial charge in [0.25, 0.3) is 0 Å². The molecule has 0 unspecified atom stereocenters. The van der Waals surface area contributed by atoms with Crippen molar-refractivity contribution in [1.29, 1.82) is 0 Å². The molecule has 1 heterocycles. The summed E-state index contributed by atoms with van der Waals surface area (Å²) in [5.74, 6) is -0.467. The average molecular weight is 361 g/mol. The second kappa shape index (κ2) is 7.13. The van der Waals surface area contributed by atoms with Gasteiger partial charge in [0.15, 0.2) is 5.69 Å². The van der Waals surface area contributed by atoms with E-state index in [-0.39, 0.29) is 23.0 Å². The first kappa shape index (κ1) is 17.1. The van der Waals surface area contributed by atoms with Crippen LogP contribution in [-0.4, -0.2) is 46.7 Å². The molecule has 0 aliphatic heterocycles. The molecule has 1 aliphatic rings. The molecule has 136 valence electrons. The van der Waals surface area contributed by atoms with Crippen LogP contribution in [0.1, 0.15) is 37.7 Å². The van der Waals surface area contributed by atoms with Crippen molar-refractivity contribution in [3.63, 3.8) is 0 Å². The normalized spacial score (nSPS) is 12.6. The van der Waals surface area contributed by atoms with Crippen molar-refractivity contribution in [2.75, 3.05) is 25.5 Å². The highest BCUT2D eigenvalue weighted by Crippen LogP contribution is 2.26. The molecule has 1 aliphatic carbocycles. The number of fused-ring (bicyclic) bond motifs is 2. The van der Waals surface area contributed by atoms with Gasteiger partial charge in [-0.05, 0) is 24.7 Å². The molecule has 7 heteroatoms. The number of nitrogens with zero attached hydrogens (tertiary/aromatic N) is 3. The lowest BCUT2D eigenvalue weighted by Gasteiger charge is -2.14. The summed E-state index contributed by atoms with van der Waals surface area (Å²) >= 11 is 0. The summed E-state index contributed by atoms with van der Waals surface area (Å²) in [7, 11) is 1.91. The molecule has 0 atom stereocenters. The first-order valence-electron chi connectivity index (χ1n) is 8.78. The molecule has 4 rings (SSSR count). The number of aromatic nitrogens is 3. The van der Waals surface area contributed by atoms with Crippen LogP contribution in [0.4, 0.5) is 5.69 Å². The molecule has 0 saturated heterocycles. The van der Waals surface area contributed by atoms with Crippen LogP contribution in [0.3, 0.4) is 0 Å². The maximum absolute atomic E-state index is 12.9. The van der Waals surface area contributed by atoms with Gasteiger partial charge in [-0.1, -0.05) is 41.6 Å².